The molecule has 0 aromatic heterocycles. The van der Waals surface area contributed by atoms with Crippen molar-refractivity contribution in [3.8, 4) is 0 Å². The number of carbonyl (C=O) groups is 1. The van der Waals surface area contributed by atoms with Gasteiger partial charge in [-0.1, -0.05) is 23.8 Å². The van der Waals surface area contributed by atoms with Crippen LogP contribution in [0.25, 0.3) is 0 Å². The van der Waals surface area contributed by atoms with Crippen molar-refractivity contribution in [2.45, 2.75) is 39.4 Å². The zero-order valence-corrected chi connectivity index (χ0v) is 10.6. The molecule has 0 unspecified atom stereocenters. The highest BCUT2D eigenvalue weighted by Crippen LogP contribution is 2.23. The fourth-order valence-electron chi connectivity index (χ4n) is 2.24. The fraction of sp³-hybridized carbons (Fsp3) is 0.500. The number of carbonyl (C=O) groups excluding carboxylic acids is 1. The fourth-order valence-corrected chi connectivity index (χ4v) is 2.24. The Balaban J connectivity index is 2.21. The molecule has 1 aliphatic rings. The first-order valence-corrected chi connectivity index (χ1v) is 5.94. The van der Waals surface area contributed by atoms with Crippen molar-refractivity contribution in [3.63, 3.8) is 0 Å². The van der Waals surface area contributed by atoms with Gasteiger partial charge in [-0.25, -0.2) is 4.39 Å². The first-order chi connectivity index (χ1) is 7.88. The van der Waals surface area contributed by atoms with E-state index in [1.165, 1.54) is 25.0 Å². The number of hydrogen-bond acceptors (Lipinski definition) is 1. The number of aryl methyl sites for hydroxylation is 1. The maximum atomic E-state index is 13.6. The summed E-state index contributed by atoms with van der Waals surface area (Å²) < 4.78 is 13.6. The number of fused-ring (bicyclic) bond motifs is 1. The Labute approximate surface area is 101 Å². The van der Waals surface area contributed by atoms with E-state index in [4.69, 9.17) is 0 Å². The summed E-state index contributed by atoms with van der Waals surface area (Å²) in [5, 5.41) is 0. The number of amides is 1. The van der Waals surface area contributed by atoms with Crippen LogP contribution in [0.5, 0.6) is 0 Å². The van der Waals surface area contributed by atoms with Crippen molar-refractivity contribution in [2.24, 2.45) is 0 Å². The first-order valence-electron chi connectivity index (χ1n) is 5.94. The molecule has 1 aromatic rings. The molecule has 0 saturated heterocycles. The normalized spacial score (nSPS) is 15.6. The molecule has 1 heterocycles. The molecule has 17 heavy (non-hydrogen) atoms. The lowest BCUT2D eigenvalue weighted by Gasteiger charge is -2.32. The zero-order chi connectivity index (χ0) is 12.6. The molecule has 0 aliphatic carbocycles. The van der Waals surface area contributed by atoms with Crippen LogP contribution in [0.4, 0.5) is 4.39 Å². The van der Waals surface area contributed by atoms with E-state index < -0.39 is 11.6 Å². The summed E-state index contributed by atoms with van der Waals surface area (Å²) in [6.07, 6.45) is 0.817. The van der Waals surface area contributed by atoms with Crippen molar-refractivity contribution < 1.29 is 9.18 Å². The van der Waals surface area contributed by atoms with Gasteiger partial charge in [-0.05, 0) is 38.3 Å². The van der Waals surface area contributed by atoms with Crippen LogP contribution < -0.4 is 0 Å². The maximum absolute atomic E-state index is 13.6. The molecule has 0 spiro atoms. The van der Waals surface area contributed by atoms with Gasteiger partial charge in [-0.15, -0.1) is 0 Å². The Morgan fingerprint density at radius 1 is 1.35 bits per heavy atom. The Kier molecular flexibility index (Phi) is 2.94. The molecular formula is C14H18FNO. The average Bonchev–Trinajstić information content (AvgIpc) is 2.25. The van der Waals surface area contributed by atoms with Gasteiger partial charge >= 0.3 is 0 Å². The van der Waals surface area contributed by atoms with Crippen LogP contribution in [-0.4, -0.2) is 23.0 Å². The predicted molar refractivity (Wildman–Crippen MR) is 65.5 cm³/mol. The molecule has 0 radical (unpaired) electrons. The number of rotatable bonds is 1. The van der Waals surface area contributed by atoms with Crippen LogP contribution in [0.15, 0.2) is 18.2 Å². The molecule has 2 nitrogen and oxygen atoms in total. The highest BCUT2D eigenvalue weighted by molar-refractivity contribution is 5.84. The van der Waals surface area contributed by atoms with E-state index in [0.717, 1.165) is 12.0 Å². The van der Waals surface area contributed by atoms with Gasteiger partial charge in [-0.2, -0.15) is 0 Å². The van der Waals surface area contributed by atoms with Gasteiger partial charge in [0.15, 0.2) is 5.67 Å². The topological polar surface area (TPSA) is 20.3 Å². The molecule has 0 N–H and O–H groups in total. The van der Waals surface area contributed by atoms with Crippen LogP contribution in [0.1, 0.15) is 30.5 Å². The first kappa shape index (κ1) is 12.1. The van der Waals surface area contributed by atoms with E-state index in [-0.39, 0.29) is 0 Å². The molecule has 1 amide bonds. The van der Waals surface area contributed by atoms with Gasteiger partial charge in [0.2, 0.25) is 0 Å². The Hall–Kier alpha value is -1.38. The Morgan fingerprint density at radius 2 is 2.06 bits per heavy atom. The predicted octanol–water partition coefficient (Wildman–Crippen LogP) is 2.63. The number of benzene rings is 1. The van der Waals surface area contributed by atoms with Crippen molar-refractivity contribution in [1.29, 1.82) is 0 Å². The zero-order valence-electron chi connectivity index (χ0n) is 10.6. The molecule has 92 valence electrons. The maximum Gasteiger partial charge on any atom is 0.259 e. The van der Waals surface area contributed by atoms with Crippen LogP contribution >= 0.6 is 0 Å². The standard InChI is InChI=1S/C14H18FNO/c1-10-4-5-11-6-7-16(9-12(11)8-10)13(17)14(2,3)15/h4-5,8H,6-7,9H2,1-3H3. The lowest BCUT2D eigenvalue weighted by molar-refractivity contribution is -0.142. The van der Waals surface area contributed by atoms with E-state index in [1.54, 1.807) is 4.90 Å². The van der Waals surface area contributed by atoms with Gasteiger partial charge in [0.05, 0.1) is 0 Å². The third-order valence-electron chi connectivity index (χ3n) is 3.17. The highest BCUT2D eigenvalue weighted by Gasteiger charge is 2.33. The number of halogens is 1. The quantitative estimate of drug-likeness (QED) is 0.732. The van der Waals surface area contributed by atoms with Gasteiger partial charge in [0, 0.05) is 13.1 Å². The minimum absolute atomic E-state index is 0.412. The minimum Gasteiger partial charge on any atom is -0.335 e. The van der Waals surface area contributed by atoms with Crippen LogP contribution in [0.2, 0.25) is 0 Å². The summed E-state index contributed by atoms with van der Waals surface area (Å²) in [7, 11) is 0. The summed E-state index contributed by atoms with van der Waals surface area (Å²) in [5.41, 5.74) is 1.82. The van der Waals surface area contributed by atoms with E-state index >= 15 is 0 Å². The highest BCUT2D eigenvalue weighted by atomic mass is 19.1. The molecule has 1 aromatic carbocycles. The molecule has 2 rings (SSSR count). The molecule has 0 atom stereocenters. The molecule has 1 aliphatic heterocycles. The largest absolute Gasteiger partial charge is 0.335 e. The lowest BCUT2D eigenvalue weighted by Crippen LogP contribution is -2.44. The third-order valence-corrected chi connectivity index (χ3v) is 3.17. The van der Waals surface area contributed by atoms with E-state index in [2.05, 4.69) is 18.2 Å². The Morgan fingerprint density at radius 3 is 2.71 bits per heavy atom. The second kappa shape index (κ2) is 4.13. The molecule has 3 heteroatoms. The summed E-state index contributed by atoms with van der Waals surface area (Å²) >= 11 is 0. The second-order valence-corrected chi connectivity index (χ2v) is 5.22. The van der Waals surface area contributed by atoms with E-state index in [1.807, 2.05) is 6.92 Å². The summed E-state index contributed by atoms with van der Waals surface area (Å²) in [6, 6.07) is 6.27. The number of hydrogen-bond donors (Lipinski definition) is 0. The number of alkyl halides is 1. The van der Waals surface area contributed by atoms with Gasteiger partial charge in [0.1, 0.15) is 0 Å². The minimum atomic E-state index is -1.78. The molecular weight excluding hydrogens is 217 g/mol. The third kappa shape index (κ3) is 2.48. The molecule has 0 bridgehead atoms. The van der Waals surface area contributed by atoms with Crippen molar-refractivity contribution in [1.82, 2.24) is 4.90 Å². The molecule has 0 fully saturated rings. The monoisotopic (exact) mass is 235 g/mol. The van der Waals surface area contributed by atoms with Crippen LogP contribution in [0.3, 0.4) is 0 Å². The van der Waals surface area contributed by atoms with Crippen LogP contribution in [-0.2, 0) is 17.8 Å². The van der Waals surface area contributed by atoms with E-state index in [9.17, 15) is 9.18 Å². The second-order valence-electron chi connectivity index (χ2n) is 5.22. The SMILES string of the molecule is Cc1ccc2c(c1)CN(C(=O)C(C)(C)F)CC2. The van der Waals surface area contributed by atoms with Crippen LogP contribution in [0, 0.1) is 6.92 Å². The van der Waals surface area contributed by atoms with E-state index in [0.29, 0.717) is 13.1 Å². The summed E-state index contributed by atoms with van der Waals surface area (Å²) in [5.74, 6) is -0.412. The molecule has 0 saturated carbocycles. The summed E-state index contributed by atoms with van der Waals surface area (Å²) in [6.45, 7) is 5.81. The smallest absolute Gasteiger partial charge is 0.259 e. The van der Waals surface area contributed by atoms with Gasteiger partial charge in [0.25, 0.3) is 5.91 Å². The van der Waals surface area contributed by atoms with Gasteiger partial charge in [-0.3, -0.25) is 4.79 Å². The Bertz CT molecular complexity index is 448. The summed E-state index contributed by atoms with van der Waals surface area (Å²) in [4.78, 5) is 13.5. The van der Waals surface area contributed by atoms with Crippen molar-refractivity contribution in [2.75, 3.05) is 6.54 Å². The lowest BCUT2D eigenvalue weighted by atomic mass is 9.96. The van der Waals surface area contributed by atoms with Crippen molar-refractivity contribution >= 4 is 5.91 Å². The average molecular weight is 235 g/mol. The van der Waals surface area contributed by atoms with Crippen molar-refractivity contribution in [3.05, 3.63) is 34.9 Å². The van der Waals surface area contributed by atoms with Gasteiger partial charge < -0.3 is 4.90 Å². The number of nitrogens with zero attached hydrogens (tertiary/aromatic N) is 1.